The molecule has 0 saturated heterocycles. The van der Waals surface area contributed by atoms with Crippen LogP contribution < -0.4 is 5.73 Å². The van der Waals surface area contributed by atoms with E-state index in [-0.39, 0.29) is 6.04 Å². The lowest BCUT2D eigenvalue weighted by Crippen LogP contribution is -2.43. The highest BCUT2D eigenvalue weighted by atomic mass is 35.5. The highest BCUT2D eigenvalue weighted by Crippen LogP contribution is 2.37. The fraction of sp³-hybridized carbons (Fsp3) is 0.625. The molecule has 4 heteroatoms. The van der Waals surface area contributed by atoms with Crippen molar-refractivity contribution in [3.63, 3.8) is 0 Å². The minimum absolute atomic E-state index is 0.0850. The third kappa shape index (κ3) is 3.30. The van der Waals surface area contributed by atoms with E-state index in [1.54, 1.807) is 0 Å². The topological polar surface area (TPSA) is 29.3 Å². The van der Waals surface area contributed by atoms with Gasteiger partial charge in [-0.2, -0.15) is 0 Å². The zero-order valence-corrected chi connectivity index (χ0v) is 13.8. The first-order valence-electron chi connectivity index (χ1n) is 7.42. The molecule has 1 fully saturated rings. The minimum Gasteiger partial charge on any atom is -0.329 e. The molecular weight excluding hydrogens is 291 g/mol. The molecule has 0 heterocycles. The van der Waals surface area contributed by atoms with Gasteiger partial charge in [0.2, 0.25) is 0 Å². The maximum absolute atomic E-state index is 6.36. The van der Waals surface area contributed by atoms with Crippen molar-refractivity contribution < 1.29 is 0 Å². The molecule has 2 nitrogen and oxygen atoms in total. The molecule has 112 valence electrons. The summed E-state index contributed by atoms with van der Waals surface area (Å²) in [5.74, 6) is 0.698. The van der Waals surface area contributed by atoms with Crippen LogP contribution in [0.4, 0.5) is 0 Å². The number of hydrogen-bond acceptors (Lipinski definition) is 2. The van der Waals surface area contributed by atoms with E-state index in [9.17, 15) is 0 Å². The van der Waals surface area contributed by atoms with E-state index in [0.29, 0.717) is 28.5 Å². The van der Waals surface area contributed by atoms with Gasteiger partial charge >= 0.3 is 0 Å². The Balaban J connectivity index is 2.27. The van der Waals surface area contributed by atoms with Crippen molar-refractivity contribution >= 4 is 23.2 Å². The SMILES string of the molecule is CC1CCCCC1N(C)C(CN)c1c(Cl)cccc1Cl. The van der Waals surface area contributed by atoms with Crippen molar-refractivity contribution in [2.24, 2.45) is 11.7 Å². The molecule has 0 spiro atoms. The van der Waals surface area contributed by atoms with Crippen LogP contribution in [0.3, 0.4) is 0 Å². The molecule has 0 bridgehead atoms. The molecule has 3 unspecified atom stereocenters. The van der Waals surface area contributed by atoms with Crippen molar-refractivity contribution in [1.29, 1.82) is 0 Å². The van der Waals surface area contributed by atoms with Crippen molar-refractivity contribution in [1.82, 2.24) is 4.90 Å². The molecule has 0 aromatic heterocycles. The molecule has 1 aromatic carbocycles. The molecule has 2 N–H and O–H groups in total. The third-order valence-electron chi connectivity index (χ3n) is 4.64. The van der Waals surface area contributed by atoms with Gasteiger partial charge in [0.1, 0.15) is 0 Å². The standard InChI is InChI=1S/C16H24Cl2N2/c1-11-6-3-4-9-14(11)20(2)15(10-19)16-12(17)7-5-8-13(16)18/h5,7-8,11,14-15H,3-4,6,9-10,19H2,1-2H3. The summed E-state index contributed by atoms with van der Waals surface area (Å²) in [7, 11) is 2.16. The fourth-order valence-corrected chi connectivity index (χ4v) is 4.10. The normalized spacial score (nSPS) is 24.9. The number of nitrogens with zero attached hydrogens (tertiary/aromatic N) is 1. The number of nitrogens with two attached hydrogens (primary N) is 1. The second-order valence-corrected chi connectivity index (χ2v) is 6.70. The van der Waals surface area contributed by atoms with Gasteiger partial charge in [-0.05, 0) is 37.9 Å². The van der Waals surface area contributed by atoms with Gasteiger partial charge in [0.15, 0.2) is 0 Å². The molecule has 0 amide bonds. The largest absolute Gasteiger partial charge is 0.329 e. The number of rotatable bonds is 4. The van der Waals surface area contributed by atoms with E-state index < -0.39 is 0 Å². The summed E-state index contributed by atoms with van der Waals surface area (Å²) in [6.45, 7) is 2.87. The third-order valence-corrected chi connectivity index (χ3v) is 5.30. The Labute approximate surface area is 132 Å². The Kier molecular flexibility index (Phi) is 5.74. The van der Waals surface area contributed by atoms with Gasteiger partial charge in [-0.3, -0.25) is 4.90 Å². The molecule has 1 saturated carbocycles. The van der Waals surface area contributed by atoms with Gasteiger partial charge < -0.3 is 5.73 Å². The van der Waals surface area contributed by atoms with Crippen LogP contribution in [-0.4, -0.2) is 24.5 Å². The van der Waals surface area contributed by atoms with Crippen molar-refractivity contribution in [2.75, 3.05) is 13.6 Å². The lowest BCUT2D eigenvalue weighted by atomic mass is 9.84. The number of hydrogen-bond donors (Lipinski definition) is 1. The van der Waals surface area contributed by atoms with Gasteiger partial charge in [-0.25, -0.2) is 0 Å². The van der Waals surface area contributed by atoms with Crippen LogP contribution in [0.1, 0.15) is 44.2 Å². The second-order valence-electron chi connectivity index (χ2n) is 5.88. The van der Waals surface area contributed by atoms with Crippen LogP contribution in [0.25, 0.3) is 0 Å². The zero-order valence-electron chi connectivity index (χ0n) is 12.3. The molecule has 0 aliphatic heterocycles. The zero-order chi connectivity index (χ0) is 14.7. The van der Waals surface area contributed by atoms with E-state index >= 15 is 0 Å². The molecule has 3 atom stereocenters. The molecule has 1 aliphatic rings. The Bertz CT molecular complexity index is 430. The summed E-state index contributed by atoms with van der Waals surface area (Å²) in [4.78, 5) is 2.39. The highest BCUT2D eigenvalue weighted by Gasteiger charge is 2.31. The predicted molar refractivity (Wildman–Crippen MR) is 87.4 cm³/mol. The first kappa shape index (κ1) is 16.1. The Morgan fingerprint density at radius 3 is 2.40 bits per heavy atom. The highest BCUT2D eigenvalue weighted by molar-refractivity contribution is 6.36. The minimum atomic E-state index is 0.0850. The second kappa shape index (κ2) is 7.13. The first-order valence-corrected chi connectivity index (χ1v) is 8.17. The van der Waals surface area contributed by atoms with E-state index in [1.807, 2.05) is 18.2 Å². The lowest BCUT2D eigenvalue weighted by Gasteiger charge is -2.41. The van der Waals surface area contributed by atoms with Crippen LogP contribution in [0.2, 0.25) is 10.0 Å². The van der Waals surface area contributed by atoms with Crippen LogP contribution in [-0.2, 0) is 0 Å². The summed E-state index contributed by atoms with van der Waals surface area (Å²) < 4.78 is 0. The quantitative estimate of drug-likeness (QED) is 0.886. The Morgan fingerprint density at radius 1 is 1.25 bits per heavy atom. The van der Waals surface area contributed by atoms with Crippen LogP contribution in [0, 0.1) is 5.92 Å². The van der Waals surface area contributed by atoms with Crippen molar-refractivity contribution in [3.05, 3.63) is 33.8 Å². The molecular formula is C16H24Cl2N2. The molecule has 1 aliphatic carbocycles. The molecule has 20 heavy (non-hydrogen) atoms. The average Bonchev–Trinajstić information content (AvgIpc) is 2.43. The summed E-state index contributed by atoms with van der Waals surface area (Å²) in [6.07, 6.45) is 5.16. The van der Waals surface area contributed by atoms with Crippen molar-refractivity contribution in [2.45, 2.75) is 44.7 Å². The van der Waals surface area contributed by atoms with E-state index in [0.717, 1.165) is 5.56 Å². The summed E-state index contributed by atoms with van der Waals surface area (Å²) in [6, 6.07) is 6.31. The van der Waals surface area contributed by atoms with Gasteiger partial charge in [0, 0.05) is 34.2 Å². The van der Waals surface area contributed by atoms with Gasteiger partial charge in [0.05, 0.1) is 0 Å². The number of benzene rings is 1. The molecule has 0 radical (unpaired) electrons. The number of likely N-dealkylation sites (N-methyl/N-ethyl adjacent to an activating group) is 1. The Hall–Kier alpha value is -0.280. The van der Waals surface area contributed by atoms with Crippen molar-refractivity contribution in [3.8, 4) is 0 Å². The summed E-state index contributed by atoms with van der Waals surface area (Å²) >= 11 is 12.7. The predicted octanol–water partition coefficient (Wildman–Crippen LogP) is 4.50. The van der Waals surface area contributed by atoms with E-state index in [2.05, 4.69) is 18.9 Å². The van der Waals surface area contributed by atoms with Crippen LogP contribution in [0.5, 0.6) is 0 Å². The van der Waals surface area contributed by atoms with E-state index in [1.165, 1.54) is 25.7 Å². The Morgan fingerprint density at radius 2 is 1.85 bits per heavy atom. The monoisotopic (exact) mass is 314 g/mol. The number of halogens is 2. The smallest absolute Gasteiger partial charge is 0.0500 e. The van der Waals surface area contributed by atoms with Crippen LogP contribution in [0.15, 0.2) is 18.2 Å². The lowest BCUT2D eigenvalue weighted by molar-refractivity contribution is 0.0993. The average molecular weight is 315 g/mol. The van der Waals surface area contributed by atoms with Gasteiger partial charge in [-0.15, -0.1) is 0 Å². The summed E-state index contributed by atoms with van der Waals surface area (Å²) in [5.41, 5.74) is 7.01. The van der Waals surface area contributed by atoms with Gasteiger partial charge in [0.25, 0.3) is 0 Å². The van der Waals surface area contributed by atoms with Crippen LogP contribution >= 0.6 is 23.2 Å². The fourth-order valence-electron chi connectivity index (χ4n) is 3.45. The first-order chi connectivity index (χ1) is 9.56. The maximum atomic E-state index is 6.36. The summed E-state index contributed by atoms with van der Waals surface area (Å²) in [5, 5.41) is 1.42. The van der Waals surface area contributed by atoms with E-state index in [4.69, 9.17) is 28.9 Å². The maximum Gasteiger partial charge on any atom is 0.0500 e. The van der Waals surface area contributed by atoms with Gasteiger partial charge in [-0.1, -0.05) is 49.0 Å². The molecule has 2 rings (SSSR count). The molecule has 1 aromatic rings.